The first kappa shape index (κ1) is 9.49. The van der Waals surface area contributed by atoms with Crippen LogP contribution < -0.4 is 0 Å². The second kappa shape index (κ2) is 3.87. The summed E-state index contributed by atoms with van der Waals surface area (Å²) in [6.07, 6.45) is 6.23. The van der Waals surface area contributed by atoms with E-state index in [2.05, 4.69) is 6.92 Å². The smallest absolute Gasteiger partial charge is 0.209 e. The van der Waals surface area contributed by atoms with E-state index >= 15 is 0 Å². The van der Waals surface area contributed by atoms with Crippen molar-refractivity contribution in [3.05, 3.63) is 17.0 Å². The third-order valence-corrected chi connectivity index (χ3v) is 2.91. The Balaban J connectivity index is 2.53. The molecule has 0 aliphatic heterocycles. The van der Waals surface area contributed by atoms with Gasteiger partial charge in [-0.1, -0.05) is 26.2 Å². The van der Waals surface area contributed by atoms with Crippen LogP contribution in [0.4, 0.5) is 0 Å². The standard InChI is InChI=1S/C9H16NO2/c1-2-9(8-10(11)12)6-4-3-5-7-9/h1-8H2. The molecule has 1 fully saturated rings. The zero-order valence-corrected chi connectivity index (χ0v) is 7.42. The number of hydrogen-bond donors (Lipinski definition) is 0. The van der Waals surface area contributed by atoms with Gasteiger partial charge in [0, 0.05) is 10.3 Å². The van der Waals surface area contributed by atoms with Crippen LogP contribution in [0.2, 0.25) is 0 Å². The molecule has 3 heteroatoms. The van der Waals surface area contributed by atoms with Crippen molar-refractivity contribution in [2.45, 2.75) is 38.5 Å². The van der Waals surface area contributed by atoms with Gasteiger partial charge in [0.1, 0.15) is 0 Å². The minimum absolute atomic E-state index is 0.0677. The second-order valence-electron chi connectivity index (χ2n) is 3.80. The van der Waals surface area contributed by atoms with Gasteiger partial charge in [0.2, 0.25) is 6.54 Å². The number of nitrogens with zero attached hydrogens (tertiary/aromatic N) is 1. The van der Waals surface area contributed by atoms with Crippen molar-refractivity contribution >= 4 is 0 Å². The fourth-order valence-corrected chi connectivity index (χ4v) is 2.06. The maximum atomic E-state index is 10.4. The monoisotopic (exact) mass is 170 g/mol. The highest BCUT2D eigenvalue weighted by Crippen LogP contribution is 2.38. The Morgan fingerprint density at radius 2 is 1.92 bits per heavy atom. The summed E-state index contributed by atoms with van der Waals surface area (Å²) in [6.45, 7) is 3.95. The summed E-state index contributed by atoms with van der Waals surface area (Å²) in [7, 11) is 0. The molecule has 69 valence electrons. The number of nitro groups is 1. The zero-order valence-electron chi connectivity index (χ0n) is 7.42. The fourth-order valence-electron chi connectivity index (χ4n) is 2.06. The van der Waals surface area contributed by atoms with Crippen LogP contribution in [-0.2, 0) is 0 Å². The Morgan fingerprint density at radius 1 is 1.33 bits per heavy atom. The quantitative estimate of drug-likeness (QED) is 0.482. The van der Waals surface area contributed by atoms with Crippen LogP contribution >= 0.6 is 0 Å². The van der Waals surface area contributed by atoms with E-state index in [1.807, 2.05) is 0 Å². The summed E-state index contributed by atoms with van der Waals surface area (Å²) in [5, 5.41) is 10.4. The molecule has 0 bridgehead atoms. The van der Waals surface area contributed by atoms with Gasteiger partial charge in [-0.2, -0.15) is 0 Å². The predicted molar refractivity (Wildman–Crippen MR) is 47.4 cm³/mol. The van der Waals surface area contributed by atoms with Gasteiger partial charge >= 0.3 is 0 Å². The van der Waals surface area contributed by atoms with Gasteiger partial charge in [-0.25, -0.2) is 0 Å². The fraction of sp³-hybridized carbons (Fsp3) is 0.889. The van der Waals surface area contributed by atoms with E-state index in [4.69, 9.17) is 0 Å². The van der Waals surface area contributed by atoms with Gasteiger partial charge in [-0.15, -0.1) is 0 Å². The van der Waals surface area contributed by atoms with Gasteiger partial charge in [0.25, 0.3) is 0 Å². The Bertz CT molecular complexity index is 162. The first-order valence-corrected chi connectivity index (χ1v) is 4.60. The van der Waals surface area contributed by atoms with E-state index in [0.717, 1.165) is 25.7 Å². The van der Waals surface area contributed by atoms with Crippen LogP contribution in [-0.4, -0.2) is 11.5 Å². The van der Waals surface area contributed by atoms with E-state index in [1.54, 1.807) is 0 Å². The Morgan fingerprint density at radius 3 is 2.33 bits per heavy atom. The minimum atomic E-state index is -0.184. The van der Waals surface area contributed by atoms with E-state index in [-0.39, 0.29) is 16.9 Å². The minimum Gasteiger partial charge on any atom is -0.265 e. The molecule has 3 nitrogen and oxygen atoms in total. The van der Waals surface area contributed by atoms with Crippen LogP contribution in [0, 0.1) is 22.5 Å². The molecule has 0 aromatic carbocycles. The van der Waals surface area contributed by atoms with Gasteiger partial charge in [-0.3, -0.25) is 10.1 Å². The van der Waals surface area contributed by atoms with Crippen LogP contribution in [0.3, 0.4) is 0 Å². The summed E-state index contributed by atoms with van der Waals surface area (Å²) in [5.41, 5.74) is -0.0677. The third kappa shape index (κ3) is 2.19. The maximum Gasteiger partial charge on any atom is 0.209 e. The summed E-state index contributed by atoms with van der Waals surface area (Å²) >= 11 is 0. The molecule has 0 amide bonds. The van der Waals surface area contributed by atoms with Crippen molar-refractivity contribution in [1.82, 2.24) is 0 Å². The lowest BCUT2D eigenvalue weighted by atomic mass is 9.72. The van der Waals surface area contributed by atoms with E-state index in [0.29, 0.717) is 6.42 Å². The topological polar surface area (TPSA) is 43.1 Å². The van der Waals surface area contributed by atoms with Crippen LogP contribution in [0.25, 0.3) is 0 Å². The molecular weight excluding hydrogens is 154 g/mol. The molecular formula is C9H16NO2. The zero-order chi connectivity index (χ0) is 9.03. The highest BCUT2D eigenvalue weighted by molar-refractivity contribution is 4.82. The molecule has 1 saturated carbocycles. The molecule has 0 aromatic rings. The largest absolute Gasteiger partial charge is 0.265 e. The van der Waals surface area contributed by atoms with Crippen LogP contribution in [0.15, 0.2) is 0 Å². The van der Waals surface area contributed by atoms with Crippen molar-refractivity contribution in [1.29, 1.82) is 0 Å². The van der Waals surface area contributed by atoms with Crippen molar-refractivity contribution in [3.8, 4) is 0 Å². The number of rotatable bonds is 3. The second-order valence-corrected chi connectivity index (χ2v) is 3.80. The maximum absolute atomic E-state index is 10.4. The van der Waals surface area contributed by atoms with Crippen LogP contribution in [0.1, 0.15) is 38.5 Å². The first-order valence-electron chi connectivity index (χ1n) is 4.60. The van der Waals surface area contributed by atoms with E-state index in [1.165, 1.54) is 6.42 Å². The predicted octanol–water partition coefficient (Wildman–Crippen LogP) is 2.44. The van der Waals surface area contributed by atoms with Crippen molar-refractivity contribution in [2.24, 2.45) is 5.41 Å². The highest BCUT2D eigenvalue weighted by Gasteiger charge is 2.34. The molecule has 0 spiro atoms. The molecule has 12 heavy (non-hydrogen) atoms. The van der Waals surface area contributed by atoms with Crippen LogP contribution in [0.5, 0.6) is 0 Å². The van der Waals surface area contributed by atoms with E-state index < -0.39 is 0 Å². The molecule has 1 aliphatic carbocycles. The van der Waals surface area contributed by atoms with Gasteiger partial charge in [0.15, 0.2) is 0 Å². The van der Waals surface area contributed by atoms with Gasteiger partial charge < -0.3 is 0 Å². The molecule has 1 rings (SSSR count). The molecule has 0 unspecified atom stereocenters. The molecule has 0 N–H and O–H groups in total. The summed E-state index contributed by atoms with van der Waals surface area (Å²) in [5.74, 6) is 0. The Kier molecular flexibility index (Phi) is 3.06. The van der Waals surface area contributed by atoms with Gasteiger partial charge in [0.05, 0.1) is 0 Å². The van der Waals surface area contributed by atoms with Crippen molar-refractivity contribution < 1.29 is 4.92 Å². The number of hydrogen-bond acceptors (Lipinski definition) is 2. The first-order chi connectivity index (χ1) is 5.68. The molecule has 1 radical (unpaired) electrons. The normalized spacial score (nSPS) is 22.1. The molecule has 0 heterocycles. The average molecular weight is 170 g/mol. The summed E-state index contributed by atoms with van der Waals surface area (Å²) in [6, 6.07) is 0. The van der Waals surface area contributed by atoms with Crippen molar-refractivity contribution in [3.63, 3.8) is 0 Å². The molecule has 0 atom stereocenters. The van der Waals surface area contributed by atoms with Gasteiger partial charge in [-0.05, 0) is 19.3 Å². The van der Waals surface area contributed by atoms with Crippen molar-refractivity contribution in [2.75, 3.05) is 6.54 Å². The lowest BCUT2D eigenvalue weighted by molar-refractivity contribution is -0.498. The SMILES string of the molecule is [CH2]CC1(C[N+](=O)[O-])CCCCC1. The lowest BCUT2D eigenvalue weighted by Gasteiger charge is -2.32. The average Bonchev–Trinajstić information content (AvgIpc) is 2.05. The summed E-state index contributed by atoms with van der Waals surface area (Å²) in [4.78, 5) is 10.2. The molecule has 0 aromatic heterocycles. The Hall–Kier alpha value is -0.600. The van der Waals surface area contributed by atoms with E-state index in [9.17, 15) is 10.1 Å². The molecule has 1 aliphatic rings. The summed E-state index contributed by atoms with van der Waals surface area (Å²) < 4.78 is 0. The Labute approximate surface area is 73.3 Å². The lowest BCUT2D eigenvalue weighted by Crippen LogP contribution is -2.31. The molecule has 0 saturated heterocycles. The highest BCUT2D eigenvalue weighted by atomic mass is 16.6. The third-order valence-electron chi connectivity index (χ3n) is 2.91.